The van der Waals surface area contributed by atoms with Gasteiger partial charge in [0, 0.05) is 0 Å². The summed E-state index contributed by atoms with van der Waals surface area (Å²) in [5.74, 6) is 0. The van der Waals surface area contributed by atoms with Gasteiger partial charge in [-0.15, -0.1) is 0 Å². The fraction of sp³-hybridized carbons (Fsp3) is 0. The molecule has 0 saturated heterocycles. The topological polar surface area (TPSA) is 12.4 Å². The molecule has 0 N–H and O–H groups in total. The second kappa shape index (κ2) is 15.4. The Morgan fingerprint density at radius 1 is 1.75 bits per heavy atom. The summed E-state index contributed by atoms with van der Waals surface area (Å²) in [4.78, 5) is 0. The minimum absolute atomic E-state index is 0. The van der Waals surface area contributed by atoms with Crippen molar-refractivity contribution in [2.24, 2.45) is 5.12 Å². The standard InChI is InChI=1S/BFN.FH/c1-3-2;/h;1H. The van der Waals surface area contributed by atoms with E-state index in [-0.39, 0.29) is 4.70 Å². The molecule has 0 amide bonds. The quantitative estimate of drug-likeness (QED) is 0.361. The average Bonchev–Trinajstić information content (AvgIpc) is 0.918. The van der Waals surface area contributed by atoms with Crippen LogP contribution in [-0.2, 0) is 0 Å². The average molecular weight is 63.8 g/mol. The van der Waals surface area contributed by atoms with Crippen LogP contribution in [0.25, 0.3) is 0 Å². The van der Waals surface area contributed by atoms with Crippen molar-refractivity contribution < 1.29 is 9.19 Å². The van der Waals surface area contributed by atoms with Gasteiger partial charge in [-0.3, -0.25) is 4.70 Å². The normalized spacial score (nSPS) is 3.00. The first-order valence-corrected chi connectivity index (χ1v) is 0.427. The Balaban J connectivity index is 0. The van der Waals surface area contributed by atoms with Gasteiger partial charge in [0.05, 0.1) is 0 Å². The van der Waals surface area contributed by atoms with Crippen LogP contribution in [0.2, 0.25) is 0 Å². The first kappa shape index (κ1) is 9.30. The van der Waals surface area contributed by atoms with Crippen molar-refractivity contribution in [2.45, 2.75) is 0 Å². The summed E-state index contributed by atoms with van der Waals surface area (Å²) >= 11 is 0. The second-order valence-electron chi connectivity index (χ2n) is 0.0976. The Bertz CT molecular complexity index is 13.5. The van der Waals surface area contributed by atoms with Crippen LogP contribution in [0.4, 0.5) is 9.19 Å². The number of hydrogen-bond acceptors (Lipinski definition) is 1. The third-order valence-electron chi connectivity index (χ3n) is 0. The minimum atomic E-state index is 0. The van der Waals surface area contributed by atoms with E-state index in [2.05, 4.69) is 7.64 Å². The summed E-state index contributed by atoms with van der Waals surface area (Å²) in [6.07, 6.45) is 0. The van der Waals surface area contributed by atoms with E-state index >= 15 is 0 Å². The Morgan fingerprint density at radius 3 is 1.75 bits per heavy atom. The molecule has 1 nitrogen and oxygen atoms in total. The predicted octanol–water partition coefficient (Wildman–Crippen LogP) is 0.376. The molecule has 0 aromatic heterocycles. The first-order chi connectivity index (χ1) is 1.41. The van der Waals surface area contributed by atoms with Gasteiger partial charge in [-0.1, -0.05) is 0 Å². The fourth-order valence-electron chi connectivity index (χ4n) is 0. The van der Waals surface area contributed by atoms with E-state index in [1.807, 2.05) is 0 Å². The van der Waals surface area contributed by atoms with Gasteiger partial charge in [-0.2, -0.15) is 0 Å². The Hall–Kier alpha value is -0.275. The van der Waals surface area contributed by atoms with E-state index in [0.29, 0.717) is 0 Å². The molecule has 0 fully saturated rings. The zero-order valence-electron chi connectivity index (χ0n) is 1.81. The van der Waals surface area contributed by atoms with Gasteiger partial charge in [0.15, 0.2) is 0 Å². The van der Waals surface area contributed by atoms with Gasteiger partial charge in [0.25, 0.3) is 0 Å². The molecule has 23 valence electrons. The molecule has 4 heavy (non-hydrogen) atoms. The number of rotatable bonds is 0. The number of nitrogens with zero attached hydrogens (tertiary/aromatic N) is 1. The van der Waals surface area contributed by atoms with Gasteiger partial charge in [-0.25, -0.2) is 0 Å². The molecule has 0 heterocycles. The molecule has 0 spiro atoms. The predicted molar refractivity (Wildman–Crippen MR) is 11.8 cm³/mol. The van der Waals surface area contributed by atoms with Crippen molar-refractivity contribution in [3.8, 4) is 0 Å². The molecular formula is HBF2N. The van der Waals surface area contributed by atoms with Crippen LogP contribution in [0, 0.1) is 0 Å². The summed E-state index contributed by atoms with van der Waals surface area (Å²) in [5, 5.41) is 1.50. The Kier molecular flexibility index (Phi) is 35.9. The molecule has 0 aliphatic heterocycles. The first-order valence-electron chi connectivity index (χ1n) is 0.427. The van der Waals surface area contributed by atoms with Crippen molar-refractivity contribution in [2.75, 3.05) is 0 Å². The number of halogens is 2. The van der Waals surface area contributed by atoms with Crippen LogP contribution in [0.1, 0.15) is 0 Å². The Morgan fingerprint density at radius 2 is 1.75 bits per heavy atom. The summed E-state index contributed by atoms with van der Waals surface area (Å²) in [5.41, 5.74) is 0. The molecule has 0 aromatic rings. The van der Waals surface area contributed by atoms with Crippen LogP contribution < -0.4 is 0 Å². The zero-order chi connectivity index (χ0) is 2.71. The number of hydrogen-bond donors (Lipinski definition) is 0. The zero-order valence-corrected chi connectivity index (χ0v) is 1.81. The third-order valence-corrected chi connectivity index (χ3v) is 0. The molecule has 0 unspecified atom stereocenters. The van der Waals surface area contributed by atoms with Crippen LogP contribution in [0.3, 0.4) is 0 Å². The van der Waals surface area contributed by atoms with E-state index < -0.39 is 0 Å². The van der Waals surface area contributed by atoms with Gasteiger partial charge in [0.2, 0.25) is 0 Å². The maximum atomic E-state index is 9.69. The Labute approximate surface area is 23.3 Å². The molecule has 0 rings (SSSR count). The van der Waals surface area contributed by atoms with Gasteiger partial charge >= 0.3 is 17.2 Å². The summed E-state index contributed by atoms with van der Waals surface area (Å²) in [6, 6.07) is 0. The molecule has 0 atom stereocenters. The summed E-state index contributed by atoms with van der Waals surface area (Å²) in [7, 11) is 3.81. The van der Waals surface area contributed by atoms with Crippen molar-refractivity contribution in [1.82, 2.24) is 0 Å². The molecular weight excluding hydrogens is 62.8 g/mol. The monoisotopic (exact) mass is 64.0 g/mol. The molecule has 4 heteroatoms. The van der Waals surface area contributed by atoms with E-state index in [0.717, 1.165) is 0 Å². The van der Waals surface area contributed by atoms with E-state index in [1.165, 1.54) is 5.12 Å². The third kappa shape index (κ3) is 12.0. The fourth-order valence-corrected chi connectivity index (χ4v) is 0. The maximum absolute atomic E-state index is 9.69. The van der Waals surface area contributed by atoms with Gasteiger partial charge in [-0.05, 0) is 0 Å². The van der Waals surface area contributed by atoms with E-state index in [4.69, 9.17) is 0 Å². The summed E-state index contributed by atoms with van der Waals surface area (Å²) < 4.78 is 9.69. The molecule has 0 saturated carbocycles. The summed E-state index contributed by atoms with van der Waals surface area (Å²) in [6.45, 7) is 0. The van der Waals surface area contributed by atoms with Gasteiger partial charge < -0.3 is 0 Å². The van der Waals surface area contributed by atoms with Crippen molar-refractivity contribution >= 4 is 7.64 Å². The van der Waals surface area contributed by atoms with Crippen molar-refractivity contribution in [1.29, 1.82) is 0 Å². The molecule has 1 radical (unpaired) electrons. The molecule has 0 aliphatic rings. The van der Waals surface area contributed by atoms with Gasteiger partial charge in [0.1, 0.15) is 0 Å². The molecule has 0 aliphatic carbocycles. The van der Waals surface area contributed by atoms with Crippen LogP contribution in [0.5, 0.6) is 0 Å². The molecule has 0 aromatic carbocycles. The van der Waals surface area contributed by atoms with Crippen LogP contribution in [-0.4, -0.2) is 7.64 Å². The molecule has 0 bridgehead atoms. The SMILES string of the molecule is F.[B]=NF. The second-order valence-corrected chi connectivity index (χ2v) is 0.0976. The van der Waals surface area contributed by atoms with Crippen molar-refractivity contribution in [3.05, 3.63) is 0 Å². The van der Waals surface area contributed by atoms with E-state index in [9.17, 15) is 4.48 Å². The van der Waals surface area contributed by atoms with E-state index in [1.54, 1.807) is 0 Å². The van der Waals surface area contributed by atoms with Crippen molar-refractivity contribution in [3.63, 3.8) is 0 Å². The van der Waals surface area contributed by atoms with Crippen LogP contribution in [0.15, 0.2) is 5.12 Å². The van der Waals surface area contributed by atoms with Crippen LogP contribution >= 0.6 is 0 Å².